The van der Waals surface area contributed by atoms with E-state index in [4.69, 9.17) is 0 Å². The molecule has 0 radical (unpaired) electrons. The zero-order valence-electron chi connectivity index (χ0n) is 12.2. The third kappa shape index (κ3) is 3.02. The van der Waals surface area contributed by atoms with Crippen LogP contribution in [0.4, 0.5) is 0 Å². The van der Waals surface area contributed by atoms with E-state index < -0.39 is 0 Å². The van der Waals surface area contributed by atoms with E-state index >= 15 is 0 Å². The van der Waals surface area contributed by atoms with Crippen molar-refractivity contribution in [2.45, 2.75) is 70.4 Å². The van der Waals surface area contributed by atoms with Crippen LogP contribution >= 0.6 is 0 Å². The van der Waals surface area contributed by atoms with Crippen molar-refractivity contribution in [2.75, 3.05) is 0 Å². The van der Waals surface area contributed by atoms with E-state index in [9.17, 15) is 0 Å². The van der Waals surface area contributed by atoms with Gasteiger partial charge in [-0.2, -0.15) is 0 Å². The second-order valence-corrected chi connectivity index (χ2v) is 6.53. The summed E-state index contributed by atoms with van der Waals surface area (Å²) in [5.41, 5.74) is 3.15. The van der Waals surface area contributed by atoms with E-state index in [1.807, 2.05) is 0 Å². The largest absolute Gasteiger partial charge is 0.307 e. The Morgan fingerprint density at radius 2 is 1.79 bits per heavy atom. The first kappa shape index (κ1) is 13.2. The monoisotopic (exact) mass is 257 g/mol. The number of fused-ring (bicyclic) bond motifs is 1. The van der Waals surface area contributed by atoms with Gasteiger partial charge in [-0.3, -0.25) is 0 Å². The summed E-state index contributed by atoms with van der Waals surface area (Å²) in [6.07, 6.45) is 11.0. The highest BCUT2D eigenvalue weighted by Crippen LogP contribution is 2.32. The molecule has 1 N–H and O–H groups in total. The highest BCUT2D eigenvalue weighted by Gasteiger charge is 2.26. The number of hydrogen-bond acceptors (Lipinski definition) is 1. The van der Waals surface area contributed by atoms with Gasteiger partial charge >= 0.3 is 0 Å². The average molecular weight is 257 g/mol. The van der Waals surface area contributed by atoms with Crippen molar-refractivity contribution >= 4 is 0 Å². The third-order valence-electron chi connectivity index (χ3n) is 5.15. The molecule has 19 heavy (non-hydrogen) atoms. The molecule has 104 valence electrons. The first-order valence-electron chi connectivity index (χ1n) is 8.18. The Bertz CT molecular complexity index is 412. The van der Waals surface area contributed by atoms with Gasteiger partial charge in [-0.1, -0.05) is 50.5 Å². The molecule has 3 rings (SSSR count). The number of aryl methyl sites for hydroxylation is 1. The molecule has 2 aliphatic rings. The van der Waals surface area contributed by atoms with E-state index in [-0.39, 0.29) is 0 Å². The van der Waals surface area contributed by atoms with Gasteiger partial charge in [-0.25, -0.2) is 0 Å². The van der Waals surface area contributed by atoms with Crippen molar-refractivity contribution in [3.05, 3.63) is 35.4 Å². The van der Waals surface area contributed by atoms with Gasteiger partial charge in [0.25, 0.3) is 0 Å². The molecule has 2 aliphatic carbocycles. The number of benzene rings is 1. The molecule has 0 aromatic heterocycles. The molecule has 1 nitrogen and oxygen atoms in total. The van der Waals surface area contributed by atoms with Crippen LogP contribution in [0.1, 0.15) is 69.0 Å². The summed E-state index contributed by atoms with van der Waals surface area (Å²) >= 11 is 0. The Balaban J connectivity index is 1.73. The van der Waals surface area contributed by atoms with Crippen molar-refractivity contribution in [1.82, 2.24) is 5.32 Å². The molecule has 0 aliphatic heterocycles. The van der Waals surface area contributed by atoms with E-state index in [2.05, 4.69) is 36.5 Å². The maximum atomic E-state index is 4.00. The summed E-state index contributed by atoms with van der Waals surface area (Å²) in [7, 11) is 0. The SMILES string of the molecule is CC1CCCCCC1NC1CCCc2ccccc21. The number of hydrogen-bond donors (Lipinski definition) is 1. The van der Waals surface area contributed by atoms with Crippen LogP contribution in [0.25, 0.3) is 0 Å². The summed E-state index contributed by atoms with van der Waals surface area (Å²) in [4.78, 5) is 0. The predicted octanol–water partition coefficient (Wildman–Crippen LogP) is 4.62. The molecule has 0 bridgehead atoms. The Morgan fingerprint density at radius 1 is 0.947 bits per heavy atom. The van der Waals surface area contributed by atoms with Crippen molar-refractivity contribution in [3.63, 3.8) is 0 Å². The van der Waals surface area contributed by atoms with Crippen molar-refractivity contribution in [3.8, 4) is 0 Å². The maximum absolute atomic E-state index is 4.00. The molecule has 1 aromatic rings. The van der Waals surface area contributed by atoms with Crippen LogP contribution in [-0.4, -0.2) is 6.04 Å². The van der Waals surface area contributed by atoms with Crippen molar-refractivity contribution in [1.29, 1.82) is 0 Å². The number of nitrogens with one attached hydrogen (secondary N) is 1. The van der Waals surface area contributed by atoms with Gasteiger partial charge < -0.3 is 5.32 Å². The number of rotatable bonds is 2. The first-order valence-corrected chi connectivity index (χ1v) is 8.18. The fraction of sp³-hybridized carbons (Fsp3) is 0.667. The molecule has 1 saturated carbocycles. The summed E-state index contributed by atoms with van der Waals surface area (Å²) in [6.45, 7) is 2.44. The van der Waals surface area contributed by atoms with Gasteiger partial charge in [0.1, 0.15) is 0 Å². The quantitative estimate of drug-likeness (QED) is 0.762. The highest BCUT2D eigenvalue weighted by atomic mass is 15.0. The van der Waals surface area contributed by atoms with Gasteiger partial charge in [-0.05, 0) is 49.1 Å². The van der Waals surface area contributed by atoms with E-state index in [1.54, 1.807) is 11.1 Å². The van der Waals surface area contributed by atoms with E-state index in [0.717, 1.165) is 12.0 Å². The Hall–Kier alpha value is -0.820. The molecule has 3 atom stereocenters. The minimum atomic E-state index is 0.607. The van der Waals surface area contributed by atoms with Gasteiger partial charge in [-0.15, -0.1) is 0 Å². The normalized spacial score (nSPS) is 31.5. The minimum absolute atomic E-state index is 0.607. The molecular formula is C18H27N. The molecule has 1 heteroatoms. The van der Waals surface area contributed by atoms with Crippen LogP contribution in [0, 0.1) is 5.92 Å². The molecule has 1 aromatic carbocycles. The standard InChI is InChI=1S/C18H27N/c1-14-8-3-2-4-12-17(14)19-18-13-7-10-15-9-5-6-11-16(15)18/h5-6,9,11,14,17-19H,2-4,7-8,10,12-13H2,1H3. The Kier molecular flexibility index (Phi) is 4.22. The Labute approximate surface area is 117 Å². The maximum Gasteiger partial charge on any atom is 0.0325 e. The summed E-state index contributed by atoms with van der Waals surface area (Å²) < 4.78 is 0. The second kappa shape index (κ2) is 6.09. The molecular weight excluding hydrogens is 230 g/mol. The molecule has 3 unspecified atom stereocenters. The highest BCUT2D eigenvalue weighted by molar-refractivity contribution is 5.32. The topological polar surface area (TPSA) is 12.0 Å². The molecule has 0 heterocycles. The van der Waals surface area contributed by atoms with Crippen molar-refractivity contribution in [2.24, 2.45) is 5.92 Å². The molecule has 0 saturated heterocycles. The summed E-state index contributed by atoms with van der Waals surface area (Å²) in [5.74, 6) is 0.844. The van der Waals surface area contributed by atoms with Gasteiger partial charge in [0, 0.05) is 12.1 Å². The van der Waals surface area contributed by atoms with Crippen LogP contribution in [0.15, 0.2) is 24.3 Å². The average Bonchev–Trinajstić information content (AvgIpc) is 2.65. The minimum Gasteiger partial charge on any atom is -0.307 e. The fourth-order valence-corrected chi connectivity index (χ4v) is 3.93. The van der Waals surface area contributed by atoms with Crippen LogP contribution in [0.5, 0.6) is 0 Å². The van der Waals surface area contributed by atoms with E-state index in [1.165, 1.54) is 51.4 Å². The summed E-state index contributed by atoms with van der Waals surface area (Å²) in [5, 5.41) is 4.00. The zero-order chi connectivity index (χ0) is 13.1. The van der Waals surface area contributed by atoms with Gasteiger partial charge in [0.05, 0.1) is 0 Å². The van der Waals surface area contributed by atoms with Gasteiger partial charge in [0.2, 0.25) is 0 Å². The lowest BCUT2D eigenvalue weighted by atomic mass is 9.86. The lowest BCUT2D eigenvalue weighted by molar-refractivity contribution is 0.305. The van der Waals surface area contributed by atoms with Gasteiger partial charge in [0.15, 0.2) is 0 Å². The zero-order valence-corrected chi connectivity index (χ0v) is 12.2. The Morgan fingerprint density at radius 3 is 2.74 bits per heavy atom. The van der Waals surface area contributed by atoms with Crippen molar-refractivity contribution < 1.29 is 0 Å². The van der Waals surface area contributed by atoms with Crippen LogP contribution in [0.3, 0.4) is 0 Å². The molecule has 0 amide bonds. The smallest absolute Gasteiger partial charge is 0.0325 e. The predicted molar refractivity (Wildman–Crippen MR) is 81.3 cm³/mol. The van der Waals surface area contributed by atoms with Crippen LogP contribution < -0.4 is 5.32 Å². The first-order chi connectivity index (χ1) is 9.34. The second-order valence-electron chi connectivity index (χ2n) is 6.53. The lowest BCUT2D eigenvalue weighted by Gasteiger charge is -2.32. The van der Waals surface area contributed by atoms with E-state index in [0.29, 0.717) is 6.04 Å². The van der Waals surface area contributed by atoms with Crippen LogP contribution in [0.2, 0.25) is 0 Å². The van der Waals surface area contributed by atoms with Crippen LogP contribution in [-0.2, 0) is 6.42 Å². The molecule has 1 fully saturated rings. The fourth-order valence-electron chi connectivity index (χ4n) is 3.93. The lowest BCUT2D eigenvalue weighted by Crippen LogP contribution is -2.38. The summed E-state index contributed by atoms with van der Waals surface area (Å²) in [6, 6.07) is 10.4. The molecule has 0 spiro atoms. The third-order valence-corrected chi connectivity index (χ3v) is 5.15.